The minimum Gasteiger partial charge on any atom is -0.497 e. The second-order valence-electron chi connectivity index (χ2n) is 5.73. The fraction of sp³-hybridized carbons (Fsp3) is 0.389. The van der Waals surface area contributed by atoms with Gasteiger partial charge in [0.15, 0.2) is 0 Å². The number of ether oxygens (including phenoxy) is 3. The fourth-order valence-electron chi connectivity index (χ4n) is 2.66. The van der Waals surface area contributed by atoms with E-state index in [9.17, 15) is 4.79 Å². The van der Waals surface area contributed by atoms with Gasteiger partial charge in [0, 0.05) is 37.6 Å². The molecule has 0 bridgehead atoms. The average Bonchev–Trinajstić information content (AvgIpc) is 2.72. The lowest BCUT2D eigenvalue weighted by atomic mass is 10.2. The molecule has 3 rings (SSSR count). The van der Waals surface area contributed by atoms with Gasteiger partial charge in [-0.05, 0) is 18.2 Å². The van der Waals surface area contributed by atoms with Gasteiger partial charge in [-0.1, -0.05) is 0 Å². The number of morpholine rings is 1. The van der Waals surface area contributed by atoms with Crippen LogP contribution in [0, 0.1) is 0 Å². The van der Waals surface area contributed by atoms with E-state index >= 15 is 0 Å². The number of rotatable bonds is 6. The van der Waals surface area contributed by atoms with Crippen LogP contribution in [0.4, 0.5) is 5.95 Å². The SMILES string of the molecule is COc1ccc(OC)c(CNC(=O)c2cnc(N3CCOCC3)nc2)c1. The van der Waals surface area contributed by atoms with Crippen molar-refractivity contribution in [2.45, 2.75) is 6.54 Å². The molecule has 0 aliphatic carbocycles. The van der Waals surface area contributed by atoms with E-state index < -0.39 is 0 Å². The highest BCUT2D eigenvalue weighted by molar-refractivity contribution is 5.93. The molecule has 0 saturated carbocycles. The fourth-order valence-corrected chi connectivity index (χ4v) is 2.66. The summed E-state index contributed by atoms with van der Waals surface area (Å²) in [6.45, 7) is 3.13. The topological polar surface area (TPSA) is 85.8 Å². The highest BCUT2D eigenvalue weighted by Gasteiger charge is 2.15. The molecule has 26 heavy (non-hydrogen) atoms. The predicted molar refractivity (Wildman–Crippen MR) is 95.8 cm³/mol. The number of amides is 1. The van der Waals surface area contributed by atoms with Crippen molar-refractivity contribution < 1.29 is 19.0 Å². The van der Waals surface area contributed by atoms with Gasteiger partial charge in [0.1, 0.15) is 11.5 Å². The Morgan fingerprint density at radius 2 is 1.92 bits per heavy atom. The molecule has 138 valence electrons. The molecule has 1 fully saturated rings. The largest absolute Gasteiger partial charge is 0.497 e. The zero-order valence-corrected chi connectivity index (χ0v) is 14.9. The Balaban J connectivity index is 1.63. The first kappa shape index (κ1) is 17.9. The van der Waals surface area contributed by atoms with Gasteiger partial charge in [-0.25, -0.2) is 9.97 Å². The number of carbonyl (C=O) groups excluding carboxylic acids is 1. The molecule has 1 aromatic carbocycles. The molecule has 0 spiro atoms. The lowest BCUT2D eigenvalue weighted by Crippen LogP contribution is -2.37. The van der Waals surface area contributed by atoms with Gasteiger partial charge >= 0.3 is 0 Å². The number of benzene rings is 1. The van der Waals surface area contributed by atoms with Crippen LogP contribution in [0.3, 0.4) is 0 Å². The Kier molecular flexibility index (Phi) is 5.85. The average molecular weight is 358 g/mol. The van der Waals surface area contributed by atoms with E-state index in [0.29, 0.717) is 42.8 Å². The Morgan fingerprint density at radius 1 is 1.19 bits per heavy atom. The van der Waals surface area contributed by atoms with Crippen molar-refractivity contribution in [1.82, 2.24) is 15.3 Å². The van der Waals surface area contributed by atoms with Gasteiger partial charge in [-0.2, -0.15) is 0 Å². The summed E-state index contributed by atoms with van der Waals surface area (Å²) in [5, 5.41) is 2.85. The molecule has 2 aromatic rings. The van der Waals surface area contributed by atoms with Crippen molar-refractivity contribution in [3.8, 4) is 11.5 Å². The molecule has 1 aliphatic heterocycles. The third kappa shape index (κ3) is 4.20. The Morgan fingerprint density at radius 3 is 2.58 bits per heavy atom. The van der Waals surface area contributed by atoms with E-state index in [2.05, 4.69) is 15.3 Å². The molecule has 1 aliphatic rings. The first-order valence-corrected chi connectivity index (χ1v) is 8.35. The number of nitrogens with one attached hydrogen (secondary N) is 1. The normalized spacial score (nSPS) is 14.0. The molecule has 1 aromatic heterocycles. The van der Waals surface area contributed by atoms with Crippen LogP contribution in [-0.2, 0) is 11.3 Å². The number of anilines is 1. The third-order valence-corrected chi connectivity index (χ3v) is 4.12. The second-order valence-corrected chi connectivity index (χ2v) is 5.73. The van der Waals surface area contributed by atoms with E-state index in [1.165, 1.54) is 12.4 Å². The van der Waals surface area contributed by atoms with Crippen molar-refractivity contribution in [3.05, 3.63) is 41.7 Å². The zero-order chi connectivity index (χ0) is 18.4. The van der Waals surface area contributed by atoms with Crippen molar-refractivity contribution in [3.63, 3.8) is 0 Å². The molecule has 8 heteroatoms. The summed E-state index contributed by atoms with van der Waals surface area (Å²) in [6, 6.07) is 5.44. The molecular formula is C18H22N4O4. The Hall–Kier alpha value is -2.87. The molecule has 0 radical (unpaired) electrons. The van der Waals surface area contributed by atoms with E-state index in [0.717, 1.165) is 18.7 Å². The van der Waals surface area contributed by atoms with Crippen molar-refractivity contribution in [2.24, 2.45) is 0 Å². The molecule has 1 amide bonds. The summed E-state index contributed by atoms with van der Waals surface area (Å²) in [6.07, 6.45) is 3.08. The molecular weight excluding hydrogens is 336 g/mol. The van der Waals surface area contributed by atoms with Crippen LogP contribution >= 0.6 is 0 Å². The van der Waals surface area contributed by atoms with Crippen LogP contribution in [0.1, 0.15) is 15.9 Å². The maximum atomic E-state index is 12.4. The van der Waals surface area contributed by atoms with Crippen molar-refractivity contribution in [2.75, 3.05) is 45.4 Å². The van der Waals surface area contributed by atoms with Crippen LogP contribution in [-0.4, -0.2) is 56.4 Å². The number of carbonyl (C=O) groups is 1. The summed E-state index contributed by atoms with van der Waals surface area (Å²) in [5.74, 6) is 1.75. The van der Waals surface area contributed by atoms with Crippen LogP contribution in [0.15, 0.2) is 30.6 Å². The van der Waals surface area contributed by atoms with E-state index in [4.69, 9.17) is 14.2 Å². The van der Waals surface area contributed by atoms with Crippen LogP contribution in [0.25, 0.3) is 0 Å². The Bertz CT molecular complexity index is 745. The number of hydrogen-bond donors (Lipinski definition) is 1. The summed E-state index contributed by atoms with van der Waals surface area (Å²) in [4.78, 5) is 23.0. The molecule has 0 atom stereocenters. The monoisotopic (exact) mass is 358 g/mol. The summed E-state index contributed by atoms with van der Waals surface area (Å²) in [7, 11) is 3.18. The van der Waals surface area contributed by atoms with E-state index in [1.807, 2.05) is 17.0 Å². The number of methoxy groups -OCH3 is 2. The van der Waals surface area contributed by atoms with Gasteiger partial charge in [-0.15, -0.1) is 0 Å². The highest BCUT2D eigenvalue weighted by Crippen LogP contribution is 2.23. The highest BCUT2D eigenvalue weighted by atomic mass is 16.5. The Labute approximate surface area is 152 Å². The maximum Gasteiger partial charge on any atom is 0.254 e. The number of nitrogens with zero attached hydrogens (tertiary/aromatic N) is 3. The molecule has 2 heterocycles. The van der Waals surface area contributed by atoms with Crippen LogP contribution < -0.4 is 19.7 Å². The van der Waals surface area contributed by atoms with E-state index in [-0.39, 0.29) is 5.91 Å². The minimum atomic E-state index is -0.247. The number of hydrogen-bond acceptors (Lipinski definition) is 7. The standard InChI is InChI=1S/C18H22N4O4/c1-24-15-3-4-16(25-2)13(9-15)10-19-17(23)14-11-20-18(21-12-14)22-5-7-26-8-6-22/h3-4,9,11-12H,5-8,10H2,1-2H3,(H,19,23). The molecule has 1 saturated heterocycles. The van der Waals surface area contributed by atoms with Crippen molar-refractivity contribution >= 4 is 11.9 Å². The molecule has 0 unspecified atom stereocenters. The van der Waals surface area contributed by atoms with Crippen molar-refractivity contribution in [1.29, 1.82) is 0 Å². The summed E-state index contributed by atoms with van der Waals surface area (Å²) >= 11 is 0. The molecule has 8 nitrogen and oxygen atoms in total. The summed E-state index contributed by atoms with van der Waals surface area (Å²) in [5.41, 5.74) is 1.23. The van der Waals surface area contributed by atoms with E-state index in [1.54, 1.807) is 20.3 Å². The van der Waals surface area contributed by atoms with Gasteiger partial charge in [0.25, 0.3) is 5.91 Å². The number of aromatic nitrogens is 2. The predicted octanol–water partition coefficient (Wildman–Crippen LogP) is 1.26. The maximum absolute atomic E-state index is 12.4. The first-order chi connectivity index (χ1) is 12.7. The minimum absolute atomic E-state index is 0.247. The van der Waals surface area contributed by atoms with Gasteiger partial charge in [0.2, 0.25) is 5.95 Å². The second kappa shape index (κ2) is 8.48. The molecule has 1 N–H and O–H groups in total. The lowest BCUT2D eigenvalue weighted by Gasteiger charge is -2.26. The summed E-state index contributed by atoms with van der Waals surface area (Å²) < 4.78 is 15.8. The van der Waals surface area contributed by atoms with Gasteiger partial charge < -0.3 is 24.4 Å². The van der Waals surface area contributed by atoms with Gasteiger partial charge in [0.05, 0.1) is 33.0 Å². The lowest BCUT2D eigenvalue weighted by molar-refractivity contribution is 0.0949. The zero-order valence-electron chi connectivity index (χ0n) is 14.9. The van der Waals surface area contributed by atoms with Gasteiger partial charge in [-0.3, -0.25) is 4.79 Å². The third-order valence-electron chi connectivity index (χ3n) is 4.12. The van der Waals surface area contributed by atoms with Crippen LogP contribution in [0.5, 0.6) is 11.5 Å². The quantitative estimate of drug-likeness (QED) is 0.832. The first-order valence-electron chi connectivity index (χ1n) is 8.35. The van der Waals surface area contributed by atoms with Crippen LogP contribution in [0.2, 0.25) is 0 Å². The smallest absolute Gasteiger partial charge is 0.254 e.